The van der Waals surface area contributed by atoms with Crippen LogP contribution in [0, 0.1) is 0 Å². The van der Waals surface area contributed by atoms with Crippen molar-refractivity contribution in [1.29, 1.82) is 0 Å². The fourth-order valence-electron chi connectivity index (χ4n) is 4.03. The maximum Gasteiger partial charge on any atom is 0.253 e. The highest BCUT2D eigenvalue weighted by Crippen LogP contribution is 2.35. The number of amides is 1. The van der Waals surface area contributed by atoms with Crippen LogP contribution in [0.25, 0.3) is 5.69 Å². The van der Waals surface area contributed by atoms with Gasteiger partial charge in [-0.1, -0.05) is 29.8 Å². The minimum absolute atomic E-state index is 0.00918. The molecule has 1 amide bonds. The number of ether oxygens (including phenoxy) is 1. The highest BCUT2D eigenvalue weighted by atomic mass is 35.5. The molecule has 1 atom stereocenters. The summed E-state index contributed by atoms with van der Waals surface area (Å²) >= 11 is 6.26. The topological polar surface area (TPSA) is 86.0 Å². The van der Waals surface area contributed by atoms with Crippen LogP contribution in [0.2, 0.25) is 5.02 Å². The minimum Gasteiger partial charge on any atom is -0.436 e. The Balaban J connectivity index is 1.36. The first-order valence-corrected chi connectivity index (χ1v) is 11.0. The van der Waals surface area contributed by atoms with Gasteiger partial charge in [0.15, 0.2) is 0 Å². The number of likely N-dealkylation sites (tertiary alicyclic amines) is 1. The molecule has 1 aliphatic rings. The van der Waals surface area contributed by atoms with E-state index in [4.69, 9.17) is 16.3 Å². The summed E-state index contributed by atoms with van der Waals surface area (Å²) in [5, 5.41) is 8.17. The number of carbonyl (C=O) groups is 1. The normalized spacial score (nSPS) is 15.9. The van der Waals surface area contributed by atoms with Crippen molar-refractivity contribution in [3.8, 4) is 17.3 Å². The highest BCUT2D eigenvalue weighted by molar-refractivity contribution is 6.32. The van der Waals surface area contributed by atoms with E-state index in [0.717, 1.165) is 24.2 Å². The van der Waals surface area contributed by atoms with Gasteiger partial charge in [0.05, 0.1) is 5.02 Å². The van der Waals surface area contributed by atoms with E-state index >= 15 is 0 Å². The molecular weight excluding hydrogens is 440 g/mol. The van der Waals surface area contributed by atoms with Crippen molar-refractivity contribution in [2.24, 2.45) is 0 Å². The molecule has 2 aromatic heterocycles. The summed E-state index contributed by atoms with van der Waals surface area (Å²) in [6.07, 6.45) is 8.21. The van der Waals surface area contributed by atoms with Gasteiger partial charge in [0.25, 0.3) is 5.91 Å². The maximum atomic E-state index is 13.3. The number of nitrogens with zero attached hydrogens (tertiary/aromatic N) is 6. The molecule has 1 saturated heterocycles. The van der Waals surface area contributed by atoms with Crippen LogP contribution in [0.3, 0.4) is 0 Å². The van der Waals surface area contributed by atoms with Gasteiger partial charge >= 0.3 is 0 Å². The van der Waals surface area contributed by atoms with Crippen molar-refractivity contribution in [1.82, 2.24) is 29.6 Å². The molecule has 0 radical (unpaired) electrons. The molecule has 33 heavy (non-hydrogen) atoms. The molecule has 0 spiro atoms. The largest absolute Gasteiger partial charge is 0.436 e. The molecule has 2 aromatic carbocycles. The summed E-state index contributed by atoms with van der Waals surface area (Å²) in [4.78, 5) is 24.1. The lowest BCUT2D eigenvalue weighted by molar-refractivity contribution is 0.0704. The number of benzene rings is 2. The predicted octanol–water partition coefficient (Wildman–Crippen LogP) is 4.52. The van der Waals surface area contributed by atoms with Gasteiger partial charge in [0.1, 0.15) is 24.1 Å². The van der Waals surface area contributed by atoms with Crippen molar-refractivity contribution in [2.75, 3.05) is 13.1 Å². The van der Waals surface area contributed by atoms with E-state index < -0.39 is 0 Å². The first-order chi connectivity index (χ1) is 16.2. The van der Waals surface area contributed by atoms with Crippen molar-refractivity contribution in [3.05, 3.63) is 89.9 Å². The second-order valence-corrected chi connectivity index (χ2v) is 8.20. The first-order valence-electron chi connectivity index (χ1n) is 10.7. The molecule has 9 heteroatoms. The molecule has 5 rings (SSSR count). The van der Waals surface area contributed by atoms with Crippen LogP contribution >= 0.6 is 11.6 Å². The molecule has 1 fully saturated rings. The van der Waals surface area contributed by atoms with Gasteiger partial charge in [-0.3, -0.25) is 14.3 Å². The molecule has 0 aliphatic carbocycles. The van der Waals surface area contributed by atoms with E-state index in [9.17, 15) is 4.79 Å². The van der Waals surface area contributed by atoms with Crippen molar-refractivity contribution >= 4 is 17.5 Å². The summed E-state index contributed by atoms with van der Waals surface area (Å²) in [6, 6.07) is 14.7. The average Bonchev–Trinajstić information content (AvgIpc) is 3.41. The van der Waals surface area contributed by atoms with Gasteiger partial charge in [-0.05, 0) is 43.2 Å². The summed E-state index contributed by atoms with van der Waals surface area (Å²) in [5.74, 6) is 0.928. The predicted molar refractivity (Wildman–Crippen MR) is 123 cm³/mol. The van der Waals surface area contributed by atoms with E-state index in [1.54, 1.807) is 41.7 Å². The molecule has 3 heterocycles. The molecule has 0 N–H and O–H groups in total. The fourth-order valence-corrected chi connectivity index (χ4v) is 4.20. The summed E-state index contributed by atoms with van der Waals surface area (Å²) in [6.45, 7) is 1.22. The third-order valence-corrected chi connectivity index (χ3v) is 5.95. The Morgan fingerprint density at radius 2 is 1.85 bits per heavy atom. The van der Waals surface area contributed by atoms with Crippen LogP contribution in [-0.2, 0) is 0 Å². The van der Waals surface area contributed by atoms with E-state index in [1.165, 1.54) is 0 Å². The Bertz CT molecular complexity index is 1260. The zero-order valence-electron chi connectivity index (χ0n) is 17.7. The molecule has 8 nitrogen and oxygen atoms in total. The summed E-state index contributed by atoms with van der Waals surface area (Å²) < 4.78 is 7.78. The number of piperidine rings is 1. The van der Waals surface area contributed by atoms with Gasteiger partial charge in [-0.15, -0.1) is 10.2 Å². The second-order valence-electron chi connectivity index (χ2n) is 7.79. The van der Waals surface area contributed by atoms with Crippen molar-refractivity contribution in [2.45, 2.75) is 18.8 Å². The smallest absolute Gasteiger partial charge is 0.253 e. The number of carbonyl (C=O) groups excluding carboxylic acids is 1. The zero-order valence-corrected chi connectivity index (χ0v) is 18.5. The van der Waals surface area contributed by atoms with E-state index in [0.29, 0.717) is 35.3 Å². The minimum atomic E-state index is -0.0212. The first kappa shape index (κ1) is 21.1. The highest BCUT2D eigenvalue weighted by Gasteiger charge is 2.29. The molecule has 1 aliphatic heterocycles. The Kier molecular flexibility index (Phi) is 5.99. The lowest BCUT2D eigenvalue weighted by Gasteiger charge is -2.33. The third-order valence-electron chi connectivity index (χ3n) is 5.64. The van der Waals surface area contributed by atoms with Crippen LogP contribution in [0.4, 0.5) is 0 Å². The van der Waals surface area contributed by atoms with Crippen LogP contribution in [0.1, 0.15) is 34.8 Å². The molecular formula is C24H21ClN6O2. The standard InChI is InChI=1S/C24H21ClN6O2/c25-20-8-1-2-9-21(20)33-23-22(26-10-11-27-23)18-6-4-12-30(14-18)24(32)17-5-3-7-19(13-17)31-15-28-29-16-31/h1-3,5,7-11,13,15-16,18H,4,6,12,14H2/t18-/m0/s1. The SMILES string of the molecule is O=C(c1cccc(-n2cnnc2)c1)N1CCC[C@H](c2nccnc2Oc2ccccc2Cl)C1. The maximum absolute atomic E-state index is 13.3. The van der Waals surface area contributed by atoms with Crippen LogP contribution in [0.15, 0.2) is 73.6 Å². The van der Waals surface area contributed by atoms with E-state index in [2.05, 4.69) is 20.2 Å². The molecule has 0 bridgehead atoms. The molecule has 0 unspecified atom stereocenters. The van der Waals surface area contributed by atoms with Gasteiger partial charge in [-0.25, -0.2) is 4.98 Å². The van der Waals surface area contributed by atoms with Gasteiger partial charge in [-0.2, -0.15) is 0 Å². The number of aromatic nitrogens is 5. The molecule has 0 saturated carbocycles. The van der Waals surface area contributed by atoms with Crippen molar-refractivity contribution in [3.63, 3.8) is 0 Å². The van der Waals surface area contributed by atoms with Crippen LogP contribution in [0.5, 0.6) is 11.6 Å². The van der Waals surface area contributed by atoms with Crippen LogP contribution < -0.4 is 4.74 Å². The van der Waals surface area contributed by atoms with Gasteiger partial charge in [0.2, 0.25) is 5.88 Å². The Labute approximate surface area is 195 Å². The van der Waals surface area contributed by atoms with Gasteiger partial charge < -0.3 is 9.64 Å². The quantitative estimate of drug-likeness (QED) is 0.435. The second kappa shape index (κ2) is 9.38. The lowest BCUT2D eigenvalue weighted by Crippen LogP contribution is -2.39. The Morgan fingerprint density at radius 1 is 1.03 bits per heavy atom. The Hall–Kier alpha value is -3.78. The summed E-state index contributed by atoms with van der Waals surface area (Å²) in [7, 11) is 0. The van der Waals surface area contributed by atoms with Crippen molar-refractivity contribution < 1.29 is 9.53 Å². The third kappa shape index (κ3) is 4.56. The fraction of sp³-hybridized carbons (Fsp3) is 0.208. The monoisotopic (exact) mass is 460 g/mol. The Morgan fingerprint density at radius 3 is 2.70 bits per heavy atom. The molecule has 4 aromatic rings. The summed E-state index contributed by atoms with van der Waals surface area (Å²) in [5.41, 5.74) is 2.19. The lowest BCUT2D eigenvalue weighted by atomic mass is 9.94. The number of halogens is 1. The number of hydrogen-bond donors (Lipinski definition) is 0. The van der Waals surface area contributed by atoms with Gasteiger partial charge in [0, 0.05) is 42.7 Å². The number of hydrogen-bond acceptors (Lipinski definition) is 6. The molecule has 166 valence electrons. The zero-order chi connectivity index (χ0) is 22.6. The number of para-hydroxylation sites is 1. The number of rotatable bonds is 5. The van der Waals surface area contributed by atoms with E-state index in [-0.39, 0.29) is 11.8 Å². The average molecular weight is 461 g/mol. The van der Waals surface area contributed by atoms with E-state index in [1.807, 2.05) is 41.3 Å². The van der Waals surface area contributed by atoms with Crippen LogP contribution in [-0.4, -0.2) is 48.6 Å².